The second kappa shape index (κ2) is 5.48. The van der Waals surface area contributed by atoms with Gasteiger partial charge in [-0.3, -0.25) is 9.69 Å². The Morgan fingerprint density at radius 1 is 1.43 bits per heavy atom. The lowest BCUT2D eigenvalue weighted by Gasteiger charge is -2.35. The number of aromatic nitrogens is 2. The topological polar surface area (TPSA) is 57.8 Å². The van der Waals surface area contributed by atoms with Crippen molar-refractivity contribution in [1.82, 2.24) is 14.3 Å². The predicted octanol–water partition coefficient (Wildman–Crippen LogP) is 2.33. The van der Waals surface area contributed by atoms with Gasteiger partial charge in [0.05, 0.1) is 11.6 Å². The fraction of sp³-hybridized carbons (Fsp3) is 0.500. The van der Waals surface area contributed by atoms with Crippen molar-refractivity contribution in [3.05, 3.63) is 35.8 Å². The van der Waals surface area contributed by atoms with Gasteiger partial charge < -0.3 is 9.51 Å². The summed E-state index contributed by atoms with van der Waals surface area (Å²) in [4.78, 5) is 18.0. The number of fused-ring (bicyclic) bond motifs is 1. The Labute approximate surface area is 124 Å². The number of carboxylic acid groups (broad SMARTS) is 1. The fourth-order valence-electron chi connectivity index (χ4n) is 3.12. The number of likely N-dealkylation sites (tertiary alicyclic amines) is 1. The quantitative estimate of drug-likeness (QED) is 0.941. The number of rotatable bonds is 3. The summed E-state index contributed by atoms with van der Waals surface area (Å²) in [5, 5.41) is 9.12. The molecule has 2 aromatic heterocycles. The number of nitrogens with zero attached hydrogens (tertiary/aromatic N) is 3. The van der Waals surface area contributed by atoms with Crippen LogP contribution < -0.4 is 0 Å². The van der Waals surface area contributed by atoms with Crippen molar-refractivity contribution in [3.8, 4) is 0 Å². The van der Waals surface area contributed by atoms with Crippen LogP contribution in [0.1, 0.15) is 31.0 Å². The maximum absolute atomic E-state index is 11.1. The van der Waals surface area contributed by atoms with Crippen molar-refractivity contribution in [2.45, 2.75) is 39.3 Å². The molecule has 3 rings (SSSR count). The van der Waals surface area contributed by atoms with E-state index in [0.717, 1.165) is 37.3 Å². The number of carboxylic acids is 1. The number of aliphatic carboxylic acids is 1. The monoisotopic (exact) mass is 287 g/mol. The van der Waals surface area contributed by atoms with E-state index in [-0.39, 0.29) is 12.0 Å². The van der Waals surface area contributed by atoms with Gasteiger partial charge in [-0.1, -0.05) is 6.07 Å². The van der Waals surface area contributed by atoms with Crippen molar-refractivity contribution < 1.29 is 9.90 Å². The Hall–Kier alpha value is -1.88. The summed E-state index contributed by atoms with van der Waals surface area (Å²) in [5.74, 6) is -0.857. The van der Waals surface area contributed by atoms with Gasteiger partial charge in [-0.2, -0.15) is 0 Å². The van der Waals surface area contributed by atoms with E-state index in [1.165, 1.54) is 5.56 Å². The van der Waals surface area contributed by atoms with Gasteiger partial charge in [0, 0.05) is 25.0 Å². The molecule has 3 heterocycles. The highest BCUT2D eigenvalue weighted by atomic mass is 16.4. The molecule has 0 saturated carbocycles. The van der Waals surface area contributed by atoms with E-state index in [1.807, 2.05) is 6.07 Å². The van der Waals surface area contributed by atoms with Crippen molar-refractivity contribution >= 4 is 11.6 Å². The second-order valence-corrected chi connectivity index (χ2v) is 6.08. The summed E-state index contributed by atoms with van der Waals surface area (Å²) >= 11 is 0. The highest BCUT2D eigenvalue weighted by Crippen LogP contribution is 2.24. The van der Waals surface area contributed by atoms with Crippen LogP contribution in [0.4, 0.5) is 0 Å². The third-order valence-corrected chi connectivity index (χ3v) is 4.38. The first-order chi connectivity index (χ1) is 10.0. The van der Waals surface area contributed by atoms with Gasteiger partial charge in [0.25, 0.3) is 0 Å². The average Bonchev–Trinajstić information content (AvgIpc) is 2.82. The molecule has 2 aromatic rings. The lowest BCUT2D eigenvalue weighted by Crippen LogP contribution is -2.42. The average molecular weight is 287 g/mol. The molecule has 0 bridgehead atoms. The molecule has 5 nitrogen and oxygen atoms in total. The standard InChI is InChI=1S/C16H21N3O2/c1-11-3-4-15-17-14(10-19(15)8-11)9-18-6-5-13(16(20)21)7-12(18)2/h3-4,8,10,12-13H,5-7,9H2,1-2H3,(H,20,21). The van der Waals surface area contributed by atoms with E-state index >= 15 is 0 Å². The predicted molar refractivity (Wildman–Crippen MR) is 80.2 cm³/mol. The highest BCUT2D eigenvalue weighted by molar-refractivity contribution is 5.70. The normalized spacial score (nSPS) is 23.5. The maximum atomic E-state index is 11.1. The van der Waals surface area contributed by atoms with E-state index in [1.54, 1.807) is 0 Å². The number of pyridine rings is 1. The van der Waals surface area contributed by atoms with Crippen LogP contribution >= 0.6 is 0 Å². The molecule has 1 aliphatic rings. The largest absolute Gasteiger partial charge is 0.481 e. The van der Waals surface area contributed by atoms with E-state index in [2.05, 4.69) is 46.6 Å². The van der Waals surface area contributed by atoms with Gasteiger partial charge in [0.1, 0.15) is 5.65 Å². The molecule has 0 aromatic carbocycles. The van der Waals surface area contributed by atoms with Crippen LogP contribution in [-0.2, 0) is 11.3 Å². The molecule has 112 valence electrons. The summed E-state index contributed by atoms with van der Waals surface area (Å²) in [6.07, 6.45) is 5.60. The zero-order chi connectivity index (χ0) is 15.0. The number of hydrogen-bond acceptors (Lipinski definition) is 3. The summed E-state index contributed by atoms with van der Waals surface area (Å²) in [6, 6.07) is 4.37. The lowest BCUT2D eigenvalue weighted by atomic mass is 9.92. The minimum absolute atomic E-state index is 0.194. The SMILES string of the molecule is Cc1ccc2nc(CN3CCC(C(=O)O)CC3C)cn2c1. The Balaban J connectivity index is 1.72. The van der Waals surface area contributed by atoms with Gasteiger partial charge in [0.15, 0.2) is 0 Å². The number of piperidine rings is 1. The van der Waals surface area contributed by atoms with Crippen molar-refractivity contribution in [2.24, 2.45) is 5.92 Å². The van der Waals surface area contributed by atoms with Crippen LogP contribution in [0.2, 0.25) is 0 Å². The first-order valence-corrected chi connectivity index (χ1v) is 7.44. The molecule has 0 aliphatic carbocycles. The summed E-state index contributed by atoms with van der Waals surface area (Å²) in [5.41, 5.74) is 3.21. The van der Waals surface area contributed by atoms with Crippen LogP contribution in [0.15, 0.2) is 24.5 Å². The number of carbonyl (C=O) groups is 1. The Morgan fingerprint density at radius 3 is 2.95 bits per heavy atom. The van der Waals surface area contributed by atoms with Crippen LogP contribution in [0.5, 0.6) is 0 Å². The number of hydrogen-bond donors (Lipinski definition) is 1. The third-order valence-electron chi connectivity index (χ3n) is 4.38. The van der Waals surface area contributed by atoms with E-state index in [9.17, 15) is 4.79 Å². The van der Waals surface area contributed by atoms with E-state index in [0.29, 0.717) is 0 Å². The van der Waals surface area contributed by atoms with E-state index in [4.69, 9.17) is 5.11 Å². The number of aryl methyl sites for hydroxylation is 1. The molecule has 0 amide bonds. The molecule has 2 unspecified atom stereocenters. The minimum Gasteiger partial charge on any atom is -0.481 e. The smallest absolute Gasteiger partial charge is 0.306 e. The highest BCUT2D eigenvalue weighted by Gasteiger charge is 2.29. The van der Waals surface area contributed by atoms with Crippen LogP contribution in [0.3, 0.4) is 0 Å². The van der Waals surface area contributed by atoms with Crippen molar-refractivity contribution in [1.29, 1.82) is 0 Å². The summed E-state index contributed by atoms with van der Waals surface area (Å²) in [6.45, 7) is 5.78. The molecule has 0 spiro atoms. The van der Waals surface area contributed by atoms with Crippen LogP contribution in [-0.4, -0.2) is 37.9 Å². The minimum atomic E-state index is -0.662. The fourth-order valence-corrected chi connectivity index (χ4v) is 3.12. The zero-order valence-corrected chi connectivity index (χ0v) is 12.5. The van der Waals surface area contributed by atoms with Crippen molar-refractivity contribution in [3.63, 3.8) is 0 Å². The second-order valence-electron chi connectivity index (χ2n) is 6.08. The number of imidazole rings is 1. The zero-order valence-electron chi connectivity index (χ0n) is 12.5. The van der Waals surface area contributed by atoms with Gasteiger partial charge in [-0.15, -0.1) is 0 Å². The van der Waals surface area contributed by atoms with Crippen LogP contribution in [0.25, 0.3) is 5.65 Å². The molecular weight excluding hydrogens is 266 g/mol. The molecule has 1 aliphatic heterocycles. The molecule has 0 radical (unpaired) electrons. The Bertz CT molecular complexity index is 665. The first kappa shape index (κ1) is 14.1. The Morgan fingerprint density at radius 2 is 2.24 bits per heavy atom. The molecule has 1 saturated heterocycles. The summed E-state index contributed by atoms with van der Waals surface area (Å²) in [7, 11) is 0. The van der Waals surface area contributed by atoms with Crippen LogP contribution in [0, 0.1) is 12.8 Å². The molecular formula is C16H21N3O2. The van der Waals surface area contributed by atoms with Crippen molar-refractivity contribution in [2.75, 3.05) is 6.54 Å². The molecule has 5 heteroatoms. The van der Waals surface area contributed by atoms with Gasteiger partial charge >= 0.3 is 5.97 Å². The summed E-state index contributed by atoms with van der Waals surface area (Å²) < 4.78 is 2.05. The molecule has 2 atom stereocenters. The van der Waals surface area contributed by atoms with Gasteiger partial charge in [-0.05, 0) is 44.9 Å². The van der Waals surface area contributed by atoms with Gasteiger partial charge in [0.2, 0.25) is 0 Å². The first-order valence-electron chi connectivity index (χ1n) is 7.44. The van der Waals surface area contributed by atoms with E-state index < -0.39 is 5.97 Å². The third kappa shape index (κ3) is 2.93. The maximum Gasteiger partial charge on any atom is 0.306 e. The lowest BCUT2D eigenvalue weighted by molar-refractivity contribution is -0.144. The molecule has 21 heavy (non-hydrogen) atoms. The Kier molecular flexibility index (Phi) is 3.68. The van der Waals surface area contributed by atoms with Gasteiger partial charge in [-0.25, -0.2) is 4.98 Å². The molecule has 1 fully saturated rings. The molecule has 1 N–H and O–H groups in total.